The fourth-order valence-electron chi connectivity index (χ4n) is 0.417. The third kappa shape index (κ3) is 6.48. The molecule has 0 bridgehead atoms. The standard InChI is InChI=1S/C7H15Br/c1-2-3-4-5-6-7-8/h2-7H2,1H3/i5D,6D2,7D2. The highest BCUT2D eigenvalue weighted by atomic mass is 79.9. The molecule has 0 N–H and O–H groups in total. The van der Waals surface area contributed by atoms with Crippen LogP contribution in [0.15, 0.2) is 0 Å². The molecule has 0 saturated carbocycles. The van der Waals surface area contributed by atoms with Crippen LogP contribution in [0.5, 0.6) is 0 Å². The minimum Gasteiger partial charge on any atom is -0.0928 e. The molecular weight excluding hydrogens is 164 g/mol. The lowest BCUT2D eigenvalue weighted by atomic mass is 10.2. The maximum absolute atomic E-state index is 7.49. The van der Waals surface area contributed by atoms with Gasteiger partial charge < -0.3 is 0 Å². The van der Waals surface area contributed by atoms with E-state index in [2.05, 4.69) is 15.9 Å². The van der Waals surface area contributed by atoms with Gasteiger partial charge in [-0.15, -0.1) is 0 Å². The van der Waals surface area contributed by atoms with Crippen LogP contribution in [-0.2, 0) is 0 Å². The molecule has 0 saturated heterocycles. The molecule has 0 aromatic rings. The number of hydrogen-bond donors (Lipinski definition) is 0. The molecule has 0 aliphatic carbocycles. The SMILES string of the molecule is [2H]C(CCCC)C([2H])([2H])C([2H])([2H])Br. The summed E-state index contributed by atoms with van der Waals surface area (Å²) in [7, 11) is 0. The van der Waals surface area contributed by atoms with E-state index in [0.29, 0.717) is 6.42 Å². The Bertz CT molecular complexity index is 153. The summed E-state index contributed by atoms with van der Waals surface area (Å²) in [4.78, 5) is 0. The molecule has 1 atom stereocenters. The minimum absolute atomic E-state index is 0.397. The lowest BCUT2D eigenvalue weighted by molar-refractivity contribution is 0.660. The van der Waals surface area contributed by atoms with Crippen molar-refractivity contribution in [3.63, 3.8) is 0 Å². The van der Waals surface area contributed by atoms with Gasteiger partial charge in [-0.3, -0.25) is 0 Å². The monoisotopic (exact) mass is 183 g/mol. The van der Waals surface area contributed by atoms with Crippen LogP contribution in [0.2, 0.25) is 0 Å². The van der Waals surface area contributed by atoms with Gasteiger partial charge in [0.25, 0.3) is 0 Å². The minimum atomic E-state index is -2.14. The largest absolute Gasteiger partial charge is 0.0928 e. The van der Waals surface area contributed by atoms with E-state index in [-0.39, 0.29) is 0 Å². The zero-order valence-corrected chi connectivity index (χ0v) is 6.66. The van der Waals surface area contributed by atoms with Crippen LogP contribution in [0, 0.1) is 0 Å². The Morgan fingerprint density at radius 1 is 1.50 bits per heavy atom. The third-order valence-corrected chi connectivity index (χ3v) is 1.09. The van der Waals surface area contributed by atoms with Crippen LogP contribution >= 0.6 is 15.9 Å². The van der Waals surface area contributed by atoms with Gasteiger partial charge in [0.15, 0.2) is 0 Å². The van der Waals surface area contributed by atoms with Crippen molar-refractivity contribution in [1.29, 1.82) is 0 Å². The molecule has 0 spiro atoms. The first-order valence-corrected chi connectivity index (χ1v) is 3.64. The molecule has 50 valence electrons. The topological polar surface area (TPSA) is 0 Å². The summed E-state index contributed by atoms with van der Waals surface area (Å²) in [6.45, 7) is 1.96. The number of unbranched alkanes of at least 4 members (excludes halogenated alkanes) is 1. The molecule has 0 aliphatic rings. The van der Waals surface area contributed by atoms with E-state index >= 15 is 0 Å². The molecule has 0 amide bonds. The summed E-state index contributed by atoms with van der Waals surface area (Å²) in [5, 5.41) is -2.12. The Morgan fingerprint density at radius 3 is 2.75 bits per heavy atom. The van der Waals surface area contributed by atoms with Crippen molar-refractivity contribution in [2.45, 2.75) is 39.0 Å². The average molecular weight is 184 g/mol. The van der Waals surface area contributed by atoms with Gasteiger partial charge in [0, 0.05) is 12.1 Å². The highest BCUT2D eigenvalue weighted by Gasteiger charge is 1.84. The summed E-state index contributed by atoms with van der Waals surface area (Å²) in [6, 6.07) is 0. The summed E-state index contributed by atoms with van der Waals surface area (Å²) in [6.07, 6.45) is -1.09. The molecular formula is C7H15Br. The van der Waals surface area contributed by atoms with Gasteiger partial charge in [-0.2, -0.15) is 0 Å². The second-order valence-corrected chi connectivity index (χ2v) is 1.98. The molecule has 0 fully saturated rings. The quantitative estimate of drug-likeness (QED) is 0.574. The van der Waals surface area contributed by atoms with E-state index in [1.165, 1.54) is 0 Å². The Kier molecular flexibility index (Phi) is 2.85. The molecule has 0 aromatic carbocycles. The van der Waals surface area contributed by atoms with Gasteiger partial charge in [-0.05, 0) is 6.37 Å². The van der Waals surface area contributed by atoms with Crippen molar-refractivity contribution in [2.24, 2.45) is 0 Å². The van der Waals surface area contributed by atoms with Crippen molar-refractivity contribution in [3.8, 4) is 0 Å². The first kappa shape index (κ1) is 3.05. The highest BCUT2D eigenvalue weighted by molar-refractivity contribution is 9.09. The predicted molar refractivity (Wildman–Crippen MR) is 42.6 cm³/mol. The fourth-order valence-corrected chi connectivity index (χ4v) is 0.579. The molecule has 0 nitrogen and oxygen atoms in total. The van der Waals surface area contributed by atoms with Gasteiger partial charge in [-0.1, -0.05) is 48.5 Å². The lowest BCUT2D eigenvalue weighted by Crippen LogP contribution is -1.76. The van der Waals surface area contributed by atoms with Crippen LogP contribution in [0.3, 0.4) is 0 Å². The molecule has 0 heterocycles. The average Bonchev–Trinajstić information content (AvgIpc) is 1.97. The Balaban J connectivity index is 4.27. The Morgan fingerprint density at radius 2 is 2.25 bits per heavy atom. The van der Waals surface area contributed by atoms with Crippen LogP contribution in [-0.4, -0.2) is 5.28 Å². The first-order chi connectivity index (χ1) is 5.73. The van der Waals surface area contributed by atoms with Gasteiger partial charge in [0.05, 0.1) is 0 Å². The zero-order chi connectivity index (χ0) is 10.7. The highest BCUT2D eigenvalue weighted by Crippen LogP contribution is 2.03. The van der Waals surface area contributed by atoms with E-state index in [9.17, 15) is 0 Å². The van der Waals surface area contributed by atoms with E-state index in [4.69, 9.17) is 6.85 Å². The van der Waals surface area contributed by atoms with Crippen molar-refractivity contribution in [2.75, 3.05) is 5.28 Å². The number of alkyl halides is 1. The molecule has 8 heavy (non-hydrogen) atoms. The summed E-state index contributed by atoms with van der Waals surface area (Å²) < 4.78 is 36.7. The molecule has 0 radical (unpaired) electrons. The van der Waals surface area contributed by atoms with E-state index in [0.717, 1.165) is 12.8 Å². The van der Waals surface area contributed by atoms with Crippen LogP contribution < -0.4 is 0 Å². The van der Waals surface area contributed by atoms with Crippen LogP contribution in [0.25, 0.3) is 0 Å². The molecule has 0 rings (SSSR count). The van der Waals surface area contributed by atoms with Gasteiger partial charge in [-0.25, -0.2) is 0 Å². The van der Waals surface area contributed by atoms with Crippen molar-refractivity contribution in [3.05, 3.63) is 0 Å². The maximum atomic E-state index is 7.49. The van der Waals surface area contributed by atoms with Crippen LogP contribution in [0.1, 0.15) is 45.8 Å². The lowest BCUT2D eigenvalue weighted by Gasteiger charge is -1.93. The summed E-state index contributed by atoms with van der Waals surface area (Å²) >= 11 is 2.63. The predicted octanol–water partition coefficient (Wildman–Crippen LogP) is 3.35. The van der Waals surface area contributed by atoms with Crippen LogP contribution in [0.4, 0.5) is 0 Å². The molecule has 1 unspecified atom stereocenters. The normalized spacial score (nSPS) is 26.5. The second-order valence-electron chi connectivity index (χ2n) is 1.59. The van der Waals surface area contributed by atoms with Gasteiger partial charge in [0.2, 0.25) is 0 Å². The molecule has 0 aromatic heterocycles. The van der Waals surface area contributed by atoms with Crippen molar-refractivity contribution in [1.82, 2.24) is 0 Å². The summed E-state index contributed by atoms with van der Waals surface area (Å²) in [5.74, 6) is 0. The fraction of sp³-hybridized carbons (Fsp3) is 1.00. The smallest absolute Gasteiger partial charge is 0.0387 e. The maximum Gasteiger partial charge on any atom is 0.0387 e. The molecule has 0 aliphatic heterocycles. The first-order valence-electron chi connectivity index (χ1n) is 5.42. The Hall–Kier alpha value is 0.480. The van der Waals surface area contributed by atoms with Crippen molar-refractivity contribution >= 4 is 15.9 Å². The van der Waals surface area contributed by atoms with Crippen molar-refractivity contribution < 1.29 is 6.85 Å². The number of halogens is 1. The Labute approximate surface area is 67.8 Å². The van der Waals surface area contributed by atoms with E-state index in [1.54, 1.807) is 0 Å². The third-order valence-electron chi connectivity index (χ3n) is 0.859. The van der Waals surface area contributed by atoms with E-state index < -0.39 is 18.1 Å². The van der Waals surface area contributed by atoms with E-state index in [1.807, 2.05) is 6.92 Å². The zero-order valence-electron chi connectivity index (χ0n) is 10.1. The molecule has 1 heteroatoms. The summed E-state index contributed by atoms with van der Waals surface area (Å²) in [5.41, 5.74) is 0. The van der Waals surface area contributed by atoms with Gasteiger partial charge in [0.1, 0.15) is 0 Å². The van der Waals surface area contributed by atoms with Gasteiger partial charge >= 0.3 is 0 Å². The number of rotatable bonds is 5. The second kappa shape index (κ2) is 7.48. The number of hydrogen-bond acceptors (Lipinski definition) is 0.